The number of hydrogen-bond acceptors (Lipinski definition) is 7. The zero-order valence-corrected chi connectivity index (χ0v) is 17.6. The average Bonchev–Trinajstić information content (AvgIpc) is 2.79. The number of rotatable bonds is 7. The predicted molar refractivity (Wildman–Crippen MR) is 116 cm³/mol. The molecule has 0 unspecified atom stereocenters. The quantitative estimate of drug-likeness (QED) is 0.617. The highest BCUT2D eigenvalue weighted by Crippen LogP contribution is 2.26. The van der Waals surface area contributed by atoms with Crippen LogP contribution in [0.4, 0.5) is 5.82 Å². The summed E-state index contributed by atoms with van der Waals surface area (Å²) in [5.41, 5.74) is 1.64. The summed E-state index contributed by atoms with van der Waals surface area (Å²) in [4.78, 5) is 9.33. The molecule has 2 aromatic carbocycles. The van der Waals surface area contributed by atoms with Crippen LogP contribution in [-0.2, 0) is 14.8 Å². The van der Waals surface area contributed by atoms with Crippen molar-refractivity contribution >= 4 is 26.7 Å². The van der Waals surface area contributed by atoms with E-state index in [0.29, 0.717) is 37.9 Å². The summed E-state index contributed by atoms with van der Waals surface area (Å²) in [6, 6.07) is 15.2. The van der Waals surface area contributed by atoms with E-state index in [0.717, 1.165) is 22.2 Å². The monoisotopic (exact) mass is 428 g/mol. The number of morpholine rings is 1. The Balaban J connectivity index is 1.56. The van der Waals surface area contributed by atoms with Gasteiger partial charge in [0.05, 0.1) is 31.6 Å². The number of nitrogens with zero attached hydrogens (tertiary/aromatic N) is 3. The number of hydrogen-bond donors (Lipinski definition) is 1. The summed E-state index contributed by atoms with van der Waals surface area (Å²) in [6.07, 6.45) is 0. The van der Waals surface area contributed by atoms with Gasteiger partial charge in [-0.1, -0.05) is 12.1 Å². The van der Waals surface area contributed by atoms with Crippen LogP contribution in [0, 0.1) is 0 Å². The molecule has 1 N–H and O–H groups in total. The molecule has 0 aliphatic carbocycles. The summed E-state index contributed by atoms with van der Waals surface area (Å²) < 4.78 is 37.1. The molecule has 30 heavy (non-hydrogen) atoms. The molecule has 1 aromatic heterocycles. The number of ether oxygens (including phenoxy) is 2. The third kappa shape index (κ3) is 4.53. The number of nitrogens with one attached hydrogen (secondary N) is 1. The molecule has 8 nitrogen and oxygen atoms in total. The number of fused-ring (bicyclic) bond motifs is 1. The molecule has 0 atom stereocenters. The van der Waals surface area contributed by atoms with Crippen LogP contribution in [0.15, 0.2) is 48.5 Å². The molecule has 2 heterocycles. The summed E-state index contributed by atoms with van der Waals surface area (Å²) >= 11 is 0. The number of methoxy groups -OCH3 is 1. The van der Waals surface area contributed by atoms with Crippen molar-refractivity contribution in [2.45, 2.75) is 0 Å². The molecule has 0 spiro atoms. The van der Waals surface area contributed by atoms with Crippen molar-refractivity contribution in [3.8, 4) is 17.1 Å². The Hall–Kier alpha value is -2.75. The second-order valence-electron chi connectivity index (χ2n) is 6.90. The minimum Gasteiger partial charge on any atom is -0.497 e. The first-order valence-electron chi connectivity index (χ1n) is 9.77. The Morgan fingerprint density at radius 1 is 1.07 bits per heavy atom. The highest BCUT2D eigenvalue weighted by atomic mass is 32.2. The van der Waals surface area contributed by atoms with E-state index in [9.17, 15) is 8.42 Å². The molecule has 0 radical (unpaired) electrons. The van der Waals surface area contributed by atoms with Crippen molar-refractivity contribution in [1.29, 1.82) is 0 Å². The van der Waals surface area contributed by atoms with E-state index in [4.69, 9.17) is 9.47 Å². The second kappa shape index (κ2) is 8.95. The Kier molecular flexibility index (Phi) is 6.12. The molecule has 1 aliphatic rings. The molecule has 9 heteroatoms. The molecule has 158 valence electrons. The molecular formula is C21H24N4O4S. The van der Waals surface area contributed by atoms with Gasteiger partial charge in [-0.25, -0.2) is 18.4 Å². The molecule has 0 bridgehead atoms. The summed E-state index contributed by atoms with van der Waals surface area (Å²) in [5, 5.41) is 4.05. The molecular weight excluding hydrogens is 404 g/mol. The van der Waals surface area contributed by atoms with Crippen molar-refractivity contribution in [3.05, 3.63) is 48.5 Å². The van der Waals surface area contributed by atoms with Gasteiger partial charge in [0.1, 0.15) is 11.6 Å². The Labute approximate surface area is 175 Å². The molecule has 4 rings (SSSR count). The lowest BCUT2D eigenvalue weighted by atomic mass is 10.1. The first kappa shape index (κ1) is 20.5. The first-order valence-corrected chi connectivity index (χ1v) is 11.4. The maximum absolute atomic E-state index is 12.6. The minimum atomic E-state index is -3.34. The fourth-order valence-electron chi connectivity index (χ4n) is 3.33. The van der Waals surface area contributed by atoms with E-state index in [2.05, 4.69) is 15.3 Å². The minimum absolute atomic E-state index is 0.0107. The van der Waals surface area contributed by atoms with Crippen LogP contribution < -0.4 is 10.1 Å². The Bertz CT molecular complexity index is 1110. The van der Waals surface area contributed by atoms with Gasteiger partial charge >= 0.3 is 0 Å². The van der Waals surface area contributed by atoms with Crippen LogP contribution in [0.5, 0.6) is 5.75 Å². The topological polar surface area (TPSA) is 93.6 Å². The van der Waals surface area contributed by atoms with Crippen LogP contribution in [0.2, 0.25) is 0 Å². The summed E-state index contributed by atoms with van der Waals surface area (Å²) in [6.45, 7) is 1.94. The van der Waals surface area contributed by atoms with Crippen LogP contribution in [0.25, 0.3) is 22.3 Å². The van der Waals surface area contributed by atoms with Crippen molar-refractivity contribution in [1.82, 2.24) is 14.3 Å². The van der Waals surface area contributed by atoms with E-state index in [1.807, 2.05) is 48.5 Å². The first-order chi connectivity index (χ1) is 14.6. The van der Waals surface area contributed by atoms with Crippen molar-refractivity contribution in [2.75, 3.05) is 51.0 Å². The zero-order valence-electron chi connectivity index (χ0n) is 16.7. The van der Waals surface area contributed by atoms with E-state index < -0.39 is 10.0 Å². The average molecular weight is 429 g/mol. The summed E-state index contributed by atoms with van der Waals surface area (Å²) in [5.74, 6) is 1.92. The van der Waals surface area contributed by atoms with E-state index >= 15 is 0 Å². The highest BCUT2D eigenvalue weighted by molar-refractivity contribution is 7.89. The maximum Gasteiger partial charge on any atom is 0.215 e. The normalized spacial score (nSPS) is 15.2. The maximum atomic E-state index is 12.6. The van der Waals surface area contributed by atoms with Crippen molar-refractivity contribution < 1.29 is 17.9 Å². The van der Waals surface area contributed by atoms with Crippen molar-refractivity contribution in [2.24, 2.45) is 0 Å². The van der Waals surface area contributed by atoms with Gasteiger partial charge < -0.3 is 14.8 Å². The second-order valence-corrected chi connectivity index (χ2v) is 8.98. The molecule has 0 amide bonds. The van der Waals surface area contributed by atoms with Crippen LogP contribution in [-0.4, -0.2) is 68.4 Å². The zero-order chi connectivity index (χ0) is 21.0. The summed E-state index contributed by atoms with van der Waals surface area (Å²) in [7, 11) is -1.72. The van der Waals surface area contributed by atoms with Gasteiger partial charge in [-0.3, -0.25) is 0 Å². The lowest BCUT2D eigenvalue weighted by molar-refractivity contribution is 0.0731. The third-order valence-corrected chi connectivity index (χ3v) is 6.84. The van der Waals surface area contributed by atoms with Crippen LogP contribution in [0.3, 0.4) is 0 Å². The van der Waals surface area contributed by atoms with Gasteiger partial charge in [0.25, 0.3) is 0 Å². The lowest BCUT2D eigenvalue weighted by Gasteiger charge is -2.26. The van der Waals surface area contributed by atoms with Gasteiger partial charge in [0.2, 0.25) is 10.0 Å². The molecule has 3 aromatic rings. The van der Waals surface area contributed by atoms with Crippen LogP contribution in [0.1, 0.15) is 0 Å². The van der Waals surface area contributed by atoms with Gasteiger partial charge in [0.15, 0.2) is 5.82 Å². The Morgan fingerprint density at radius 3 is 2.53 bits per heavy atom. The van der Waals surface area contributed by atoms with Crippen LogP contribution >= 0.6 is 0 Å². The largest absolute Gasteiger partial charge is 0.497 e. The Morgan fingerprint density at radius 2 is 1.80 bits per heavy atom. The standard InChI is InChI=1S/C21H24N4O4S/c1-28-17-8-6-16(7-9-17)20-23-19-5-3-2-4-18(19)21(24-20)22-10-15-30(26,27)25-11-13-29-14-12-25/h2-9H,10-15H2,1H3,(H,22,23,24). The molecule has 1 fully saturated rings. The van der Waals surface area contributed by atoms with E-state index in [1.54, 1.807) is 7.11 Å². The van der Waals surface area contributed by atoms with Gasteiger partial charge in [-0.15, -0.1) is 0 Å². The predicted octanol–water partition coefficient (Wildman–Crippen LogP) is 2.38. The number of para-hydroxylation sites is 1. The SMILES string of the molecule is COc1ccc(-c2nc(NCCS(=O)(=O)N3CCOCC3)c3ccccc3n2)cc1. The van der Waals surface area contributed by atoms with Gasteiger partial charge in [-0.2, -0.15) is 4.31 Å². The van der Waals surface area contributed by atoms with Gasteiger partial charge in [-0.05, 0) is 36.4 Å². The third-order valence-electron chi connectivity index (χ3n) is 4.97. The fourth-order valence-corrected chi connectivity index (χ4v) is 4.66. The lowest BCUT2D eigenvalue weighted by Crippen LogP contribution is -2.42. The van der Waals surface area contributed by atoms with E-state index in [-0.39, 0.29) is 12.3 Å². The fraction of sp³-hybridized carbons (Fsp3) is 0.333. The smallest absolute Gasteiger partial charge is 0.215 e. The number of benzene rings is 2. The number of anilines is 1. The number of sulfonamides is 1. The van der Waals surface area contributed by atoms with Gasteiger partial charge in [0, 0.05) is 30.6 Å². The molecule has 1 saturated heterocycles. The molecule has 1 aliphatic heterocycles. The van der Waals surface area contributed by atoms with Crippen molar-refractivity contribution in [3.63, 3.8) is 0 Å². The highest BCUT2D eigenvalue weighted by Gasteiger charge is 2.24. The number of aromatic nitrogens is 2. The van der Waals surface area contributed by atoms with E-state index in [1.165, 1.54) is 4.31 Å². The molecule has 0 saturated carbocycles.